The fourth-order valence-electron chi connectivity index (χ4n) is 20.9. The van der Waals surface area contributed by atoms with E-state index in [-0.39, 0.29) is 70.4 Å². The topological polar surface area (TPSA) is 103 Å². The molecule has 1 N–H and O–H groups in total. The average Bonchev–Trinajstić information content (AvgIpc) is 3.95. The number of carbonyl (C=O) groups is 3. The third kappa shape index (κ3) is 6.58. The molecule has 2 amide bonds. The number of allylic oxidation sites excluding steroid dienone is 1. The molecule has 7 saturated carbocycles. The standard InChI is InChI=1S/C58H88N2O7/c1-32-14-22-57(64-30-32)34(3)51-47(66-57)26-44-41-12-10-37-24-39(16-19-53(37,6)43(41)18-21-55(44,51)8)59-50(63)29-60(36(5)61)40-17-20-54(7)38(25-40)11-13-42-45(54)28-49(62)56(9)46(42)27-48-52(56)35(4)58(67-48)23-15-33(2)31-65-58/h10,32-35,38-48,51-52H,11-31H2,1-9H3,(H,59,63)/t32-,33-,34+,35+,38+,39+,40-,41-,42-,43+,44+,45+,46+,47+,48+,51+,52+,53+,54+,55+,56-,57-,58-/m1/s1. The monoisotopic (exact) mass is 925 g/mol. The number of ketones is 1. The molecule has 23 atom stereocenters. The van der Waals surface area contributed by atoms with Gasteiger partial charge in [0.1, 0.15) is 5.78 Å². The van der Waals surface area contributed by atoms with Crippen molar-refractivity contribution in [3.05, 3.63) is 11.6 Å². The van der Waals surface area contributed by atoms with E-state index in [2.05, 4.69) is 66.8 Å². The number of hydrogen-bond acceptors (Lipinski definition) is 7. The summed E-state index contributed by atoms with van der Waals surface area (Å²) < 4.78 is 27.1. The maximum absolute atomic E-state index is 14.7. The van der Waals surface area contributed by atoms with Gasteiger partial charge in [0, 0.05) is 61.4 Å². The van der Waals surface area contributed by atoms with Crippen molar-refractivity contribution in [1.82, 2.24) is 10.2 Å². The Balaban J connectivity index is 0.670. The van der Waals surface area contributed by atoms with E-state index in [0.29, 0.717) is 88.8 Å². The van der Waals surface area contributed by atoms with Crippen LogP contribution in [0, 0.1) is 98.6 Å². The maximum Gasteiger partial charge on any atom is 0.239 e. The fraction of sp³-hybridized carbons (Fsp3) is 0.914. The number of hydrogen-bond donors (Lipinski definition) is 1. The minimum Gasteiger partial charge on any atom is -0.352 e. The number of rotatable bonds is 4. The van der Waals surface area contributed by atoms with Gasteiger partial charge in [0.05, 0.1) is 32.0 Å². The first-order valence-corrected chi connectivity index (χ1v) is 28.3. The van der Waals surface area contributed by atoms with Gasteiger partial charge < -0.3 is 29.2 Å². The minimum absolute atomic E-state index is 0.000309. The Kier molecular flexibility index (Phi) is 10.9. The number of ether oxygens (including phenoxy) is 4. The molecule has 2 spiro atoms. The van der Waals surface area contributed by atoms with E-state index in [0.717, 1.165) is 96.7 Å². The van der Waals surface area contributed by atoms with Gasteiger partial charge in [0.15, 0.2) is 11.6 Å². The molecule has 9 nitrogen and oxygen atoms in total. The second-order valence-corrected chi connectivity index (χ2v) is 27.4. The first-order valence-electron chi connectivity index (χ1n) is 28.3. The van der Waals surface area contributed by atoms with Crippen LogP contribution in [0.2, 0.25) is 0 Å². The molecule has 0 unspecified atom stereocenters. The zero-order valence-corrected chi connectivity index (χ0v) is 43.0. The number of amides is 2. The highest BCUT2D eigenvalue weighted by Gasteiger charge is 2.73. The summed E-state index contributed by atoms with van der Waals surface area (Å²) in [5.41, 5.74) is 1.80. The molecule has 67 heavy (non-hydrogen) atoms. The summed E-state index contributed by atoms with van der Waals surface area (Å²) in [6.07, 6.45) is 22.2. The minimum atomic E-state index is -0.513. The van der Waals surface area contributed by atoms with Crippen molar-refractivity contribution in [2.75, 3.05) is 19.8 Å². The van der Waals surface area contributed by atoms with Crippen molar-refractivity contribution < 1.29 is 33.3 Å². The number of nitrogens with one attached hydrogen (secondary N) is 1. The van der Waals surface area contributed by atoms with Crippen LogP contribution in [0.25, 0.3) is 0 Å². The summed E-state index contributed by atoms with van der Waals surface area (Å²) in [7, 11) is 0. The van der Waals surface area contributed by atoms with Crippen LogP contribution in [0.5, 0.6) is 0 Å². The molecule has 372 valence electrons. The lowest BCUT2D eigenvalue weighted by atomic mass is 9.44. The van der Waals surface area contributed by atoms with Crippen molar-refractivity contribution in [2.24, 2.45) is 98.6 Å². The smallest absolute Gasteiger partial charge is 0.239 e. The third-order valence-electron chi connectivity index (χ3n) is 24.7. The summed E-state index contributed by atoms with van der Waals surface area (Å²) in [4.78, 5) is 44.2. The van der Waals surface area contributed by atoms with Gasteiger partial charge in [-0.05, 0) is 172 Å². The zero-order valence-electron chi connectivity index (χ0n) is 43.0. The zero-order chi connectivity index (χ0) is 46.8. The van der Waals surface area contributed by atoms with Gasteiger partial charge in [-0.1, -0.05) is 67.0 Å². The van der Waals surface area contributed by atoms with Crippen molar-refractivity contribution in [3.8, 4) is 0 Å². The molecule has 11 fully saturated rings. The predicted molar refractivity (Wildman–Crippen MR) is 257 cm³/mol. The van der Waals surface area contributed by atoms with Crippen LogP contribution < -0.4 is 5.32 Å². The second-order valence-electron chi connectivity index (χ2n) is 27.4. The van der Waals surface area contributed by atoms with Crippen molar-refractivity contribution in [3.63, 3.8) is 0 Å². The summed E-state index contributed by atoms with van der Waals surface area (Å²) in [6, 6.07) is 0.183. The molecule has 0 aromatic carbocycles. The number of fused-ring (bicyclic) bond motifs is 14. The van der Waals surface area contributed by atoms with Gasteiger partial charge in [0.2, 0.25) is 11.8 Å². The summed E-state index contributed by atoms with van der Waals surface area (Å²) in [5, 5.41) is 3.48. The van der Waals surface area contributed by atoms with Crippen molar-refractivity contribution in [1.29, 1.82) is 0 Å². The molecule has 4 heterocycles. The third-order valence-corrected chi connectivity index (χ3v) is 24.7. The van der Waals surface area contributed by atoms with E-state index < -0.39 is 5.79 Å². The molecule has 0 aromatic rings. The van der Waals surface area contributed by atoms with Gasteiger partial charge in [-0.3, -0.25) is 14.4 Å². The Labute approximate surface area is 403 Å². The first-order chi connectivity index (χ1) is 31.8. The SMILES string of the molecule is CC(=O)N(CC(=O)N[C@H]1CC[C@@]2(C)C(=CC[C@H]3[C@@H]4C[C@@H]5O[C@]6(CC[C@@H](C)CO6)[C@@H](C)[C@@H]5[C@@]4(C)CC[C@@H]32)C1)[C@@H]1CC[C@@]2(C)[C@@H](CC[C@@H]3[C@@H]2CC(=O)[C@]2(C)[C@@H]4[C@H](C[C@@H]32)O[C@]2(CC[C@@H](C)CO2)[C@H]4C)C1. The first kappa shape index (κ1) is 46.3. The highest BCUT2D eigenvalue weighted by molar-refractivity contribution is 5.87. The van der Waals surface area contributed by atoms with Crippen LogP contribution >= 0.6 is 0 Å². The van der Waals surface area contributed by atoms with Crippen molar-refractivity contribution >= 4 is 17.6 Å². The lowest BCUT2D eigenvalue weighted by Crippen LogP contribution is -2.59. The van der Waals surface area contributed by atoms with E-state index in [9.17, 15) is 14.4 Å². The van der Waals surface area contributed by atoms with Crippen LogP contribution in [0.4, 0.5) is 0 Å². The molecule has 12 aliphatic rings. The summed E-state index contributed by atoms with van der Waals surface area (Å²) in [6.45, 7) is 22.7. The van der Waals surface area contributed by atoms with E-state index in [1.807, 2.05) is 4.90 Å². The van der Waals surface area contributed by atoms with Gasteiger partial charge >= 0.3 is 0 Å². The normalized spacial score (nSPS) is 56.1. The fourth-order valence-corrected chi connectivity index (χ4v) is 20.9. The average molecular weight is 925 g/mol. The lowest BCUT2D eigenvalue weighted by molar-refractivity contribution is -0.272. The molecular weight excluding hydrogens is 837 g/mol. The number of nitrogens with zero attached hydrogens (tertiary/aromatic N) is 1. The number of Topliss-reactive ketones (excluding diaryl/α,β-unsaturated/α-hetero) is 1. The van der Waals surface area contributed by atoms with E-state index in [4.69, 9.17) is 18.9 Å². The van der Waals surface area contributed by atoms with Gasteiger partial charge in [-0.2, -0.15) is 0 Å². The Morgan fingerprint density at radius 2 is 1.34 bits per heavy atom. The molecule has 9 heteroatoms. The van der Waals surface area contributed by atoms with E-state index >= 15 is 0 Å². The van der Waals surface area contributed by atoms with Crippen LogP contribution in [-0.2, 0) is 33.3 Å². The van der Waals surface area contributed by atoms with Gasteiger partial charge in [0.25, 0.3) is 0 Å². The molecular formula is C58H88N2O7. The molecule has 8 aliphatic carbocycles. The summed E-state index contributed by atoms with van der Waals surface area (Å²) in [5.74, 6) is 6.11. The van der Waals surface area contributed by atoms with Gasteiger partial charge in [-0.25, -0.2) is 0 Å². The Morgan fingerprint density at radius 1 is 0.687 bits per heavy atom. The molecule has 4 aliphatic heterocycles. The van der Waals surface area contributed by atoms with Crippen LogP contribution in [0.15, 0.2) is 11.6 Å². The lowest BCUT2D eigenvalue weighted by Gasteiger charge is -2.61. The van der Waals surface area contributed by atoms with E-state index in [1.54, 1.807) is 12.5 Å². The number of carbonyl (C=O) groups excluding carboxylic acids is 3. The Morgan fingerprint density at radius 3 is 2.01 bits per heavy atom. The van der Waals surface area contributed by atoms with E-state index in [1.165, 1.54) is 25.7 Å². The van der Waals surface area contributed by atoms with Gasteiger partial charge in [-0.15, -0.1) is 0 Å². The quantitative estimate of drug-likeness (QED) is 0.280. The molecule has 0 radical (unpaired) electrons. The molecule has 4 saturated heterocycles. The largest absolute Gasteiger partial charge is 0.352 e. The highest BCUT2D eigenvalue weighted by Crippen LogP contribution is 2.73. The summed E-state index contributed by atoms with van der Waals surface area (Å²) >= 11 is 0. The van der Waals surface area contributed by atoms with Crippen molar-refractivity contribution in [2.45, 2.75) is 214 Å². The Hall–Kier alpha value is -1.81. The second kappa shape index (κ2) is 15.8. The highest BCUT2D eigenvalue weighted by atomic mass is 16.7. The molecule has 0 bridgehead atoms. The van der Waals surface area contributed by atoms with Crippen LogP contribution in [-0.4, -0.2) is 78.1 Å². The van der Waals surface area contributed by atoms with Crippen LogP contribution in [0.3, 0.4) is 0 Å². The molecule has 12 rings (SSSR count). The maximum atomic E-state index is 14.7. The molecule has 0 aromatic heterocycles. The van der Waals surface area contributed by atoms with Crippen LogP contribution in [0.1, 0.15) is 178 Å². The predicted octanol–water partition coefficient (Wildman–Crippen LogP) is 10.7. The Bertz CT molecular complexity index is 2040.